The first kappa shape index (κ1) is 12.7. The van der Waals surface area contributed by atoms with Gasteiger partial charge in [-0.15, -0.1) is 11.3 Å². The van der Waals surface area contributed by atoms with Gasteiger partial charge in [0.15, 0.2) is 0 Å². The third-order valence-corrected chi connectivity index (χ3v) is 3.94. The van der Waals surface area contributed by atoms with Crippen molar-refractivity contribution >= 4 is 33.2 Å². The standard InChI is InChI=1S/C11H16BrNOS/c1-3-8(2)6-11(14)13-7-9-4-5-10(12)15-9/h4-5,8H,3,6-7H2,1-2H3,(H,13,14). The van der Waals surface area contributed by atoms with E-state index >= 15 is 0 Å². The van der Waals surface area contributed by atoms with Crippen molar-refractivity contribution in [2.75, 3.05) is 0 Å². The molecule has 0 saturated carbocycles. The first-order valence-corrected chi connectivity index (χ1v) is 6.73. The number of hydrogen-bond donors (Lipinski definition) is 1. The summed E-state index contributed by atoms with van der Waals surface area (Å²) in [5.41, 5.74) is 0. The zero-order chi connectivity index (χ0) is 11.3. The number of carbonyl (C=O) groups is 1. The molecule has 1 atom stereocenters. The van der Waals surface area contributed by atoms with E-state index in [1.54, 1.807) is 11.3 Å². The Morgan fingerprint density at radius 2 is 2.33 bits per heavy atom. The highest BCUT2D eigenvalue weighted by Gasteiger charge is 2.07. The topological polar surface area (TPSA) is 29.1 Å². The van der Waals surface area contributed by atoms with Gasteiger partial charge in [-0.05, 0) is 34.0 Å². The van der Waals surface area contributed by atoms with Gasteiger partial charge in [0.2, 0.25) is 5.91 Å². The van der Waals surface area contributed by atoms with E-state index < -0.39 is 0 Å². The van der Waals surface area contributed by atoms with Gasteiger partial charge in [-0.25, -0.2) is 0 Å². The second kappa shape index (κ2) is 6.28. The van der Waals surface area contributed by atoms with Crippen LogP contribution in [0.15, 0.2) is 15.9 Å². The van der Waals surface area contributed by atoms with Crippen molar-refractivity contribution in [1.29, 1.82) is 0 Å². The Labute approximate surface area is 103 Å². The Kier molecular flexibility index (Phi) is 5.32. The van der Waals surface area contributed by atoms with E-state index in [9.17, 15) is 4.79 Å². The lowest BCUT2D eigenvalue weighted by Crippen LogP contribution is -2.23. The maximum Gasteiger partial charge on any atom is 0.220 e. The Hall–Kier alpha value is -0.350. The van der Waals surface area contributed by atoms with Crippen LogP contribution in [0.1, 0.15) is 31.6 Å². The molecule has 0 aliphatic rings. The van der Waals surface area contributed by atoms with E-state index in [-0.39, 0.29) is 5.91 Å². The van der Waals surface area contributed by atoms with Gasteiger partial charge in [-0.2, -0.15) is 0 Å². The van der Waals surface area contributed by atoms with Crippen molar-refractivity contribution < 1.29 is 4.79 Å². The van der Waals surface area contributed by atoms with Crippen LogP contribution in [-0.4, -0.2) is 5.91 Å². The van der Waals surface area contributed by atoms with Crippen molar-refractivity contribution in [3.8, 4) is 0 Å². The van der Waals surface area contributed by atoms with E-state index in [2.05, 4.69) is 35.1 Å². The summed E-state index contributed by atoms with van der Waals surface area (Å²) in [7, 11) is 0. The molecule has 15 heavy (non-hydrogen) atoms. The summed E-state index contributed by atoms with van der Waals surface area (Å²) < 4.78 is 1.11. The molecule has 1 rings (SSSR count). The first-order valence-electron chi connectivity index (χ1n) is 5.12. The molecule has 0 aliphatic carbocycles. The Balaban J connectivity index is 2.28. The number of amides is 1. The molecule has 0 fully saturated rings. The zero-order valence-corrected chi connectivity index (χ0v) is 11.5. The summed E-state index contributed by atoms with van der Waals surface area (Å²) in [5.74, 6) is 0.619. The minimum atomic E-state index is 0.147. The SMILES string of the molecule is CCC(C)CC(=O)NCc1ccc(Br)s1. The van der Waals surface area contributed by atoms with Crippen LogP contribution in [0.5, 0.6) is 0 Å². The third kappa shape index (κ3) is 4.80. The van der Waals surface area contributed by atoms with E-state index in [1.165, 1.54) is 4.88 Å². The first-order chi connectivity index (χ1) is 7.11. The minimum absolute atomic E-state index is 0.147. The van der Waals surface area contributed by atoms with Gasteiger partial charge in [0.1, 0.15) is 0 Å². The van der Waals surface area contributed by atoms with Gasteiger partial charge in [0.25, 0.3) is 0 Å². The fraction of sp³-hybridized carbons (Fsp3) is 0.545. The molecule has 1 aromatic heterocycles. The molecule has 2 nitrogen and oxygen atoms in total. The highest BCUT2D eigenvalue weighted by atomic mass is 79.9. The normalized spacial score (nSPS) is 12.5. The number of halogens is 1. The largest absolute Gasteiger partial charge is 0.351 e. The molecule has 1 amide bonds. The van der Waals surface area contributed by atoms with Crippen LogP contribution in [0.3, 0.4) is 0 Å². The van der Waals surface area contributed by atoms with Crippen LogP contribution in [0, 0.1) is 5.92 Å². The highest BCUT2D eigenvalue weighted by molar-refractivity contribution is 9.11. The van der Waals surface area contributed by atoms with E-state index in [1.807, 2.05) is 12.1 Å². The molecule has 0 bridgehead atoms. The lowest BCUT2D eigenvalue weighted by Gasteiger charge is -2.08. The fourth-order valence-electron chi connectivity index (χ4n) is 1.17. The van der Waals surface area contributed by atoms with Crippen molar-refractivity contribution in [3.05, 3.63) is 20.8 Å². The molecule has 0 spiro atoms. The van der Waals surface area contributed by atoms with Gasteiger partial charge in [-0.1, -0.05) is 20.3 Å². The lowest BCUT2D eigenvalue weighted by atomic mass is 10.1. The molecule has 1 N–H and O–H groups in total. The molecule has 84 valence electrons. The molecule has 1 heterocycles. The Bertz CT molecular complexity index is 324. The van der Waals surface area contributed by atoms with Crippen LogP contribution in [0.4, 0.5) is 0 Å². The van der Waals surface area contributed by atoms with Gasteiger partial charge in [-0.3, -0.25) is 4.79 Å². The van der Waals surface area contributed by atoms with E-state index in [0.717, 1.165) is 10.2 Å². The van der Waals surface area contributed by atoms with Crippen LogP contribution < -0.4 is 5.32 Å². The zero-order valence-electron chi connectivity index (χ0n) is 9.05. The third-order valence-electron chi connectivity index (χ3n) is 2.32. The molecule has 1 unspecified atom stereocenters. The highest BCUT2D eigenvalue weighted by Crippen LogP contribution is 2.21. The molecular formula is C11H16BrNOS. The lowest BCUT2D eigenvalue weighted by molar-refractivity contribution is -0.122. The number of carbonyl (C=O) groups excluding carboxylic acids is 1. The second-order valence-electron chi connectivity index (χ2n) is 3.70. The molecule has 0 aliphatic heterocycles. The van der Waals surface area contributed by atoms with E-state index in [4.69, 9.17) is 0 Å². The predicted molar refractivity (Wildman–Crippen MR) is 67.9 cm³/mol. The van der Waals surface area contributed by atoms with Crippen LogP contribution in [-0.2, 0) is 11.3 Å². The van der Waals surface area contributed by atoms with Crippen molar-refractivity contribution in [3.63, 3.8) is 0 Å². The average Bonchev–Trinajstić information content (AvgIpc) is 2.61. The monoisotopic (exact) mass is 289 g/mol. The number of thiophene rings is 1. The summed E-state index contributed by atoms with van der Waals surface area (Å²) in [4.78, 5) is 12.7. The fourth-order valence-corrected chi connectivity index (χ4v) is 2.59. The maximum absolute atomic E-state index is 11.5. The number of hydrogen-bond acceptors (Lipinski definition) is 2. The van der Waals surface area contributed by atoms with Gasteiger partial charge >= 0.3 is 0 Å². The summed E-state index contributed by atoms with van der Waals surface area (Å²) in [5, 5.41) is 2.93. The minimum Gasteiger partial charge on any atom is -0.351 e. The molecule has 0 radical (unpaired) electrons. The summed E-state index contributed by atoms with van der Waals surface area (Å²) in [6.45, 7) is 4.85. The van der Waals surface area contributed by atoms with Gasteiger partial charge in [0.05, 0.1) is 10.3 Å². The molecular weight excluding hydrogens is 274 g/mol. The molecule has 0 aromatic carbocycles. The molecule has 0 saturated heterocycles. The quantitative estimate of drug-likeness (QED) is 0.882. The van der Waals surface area contributed by atoms with Crippen molar-refractivity contribution in [2.45, 2.75) is 33.2 Å². The smallest absolute Gasteiger partial charge is 0.220 e. The number of rotatable bonds is 5. The summed E-state index contributed by atoms with van der Waals surface area (Å²) in [6, 6.07) is 4.03. The summed E-state index contributed by atoms with van der Waals surface area (Å²) >= 11 is 5.05. The Morgan fingerprint density at radius 1 is 1.60 bits per heavy atom. The van der Waals surface area contributed by atoms with Crippen LogP contribution in [0.2, 0.25) is 0 Å². The Morgan fingerprint density at radius 3 is 2.87 bits per heavy atom. The van der Waals surface area contributed by atoms with Crippen molar-refractivity contribution in [1.82, 2.24) is 5.32 Å². The van der Waals surface area contributed by atoms with Gasteiger partial charge < -0.3 is 5.32 Å². The predicted octanol–water partition coefficient (Wildman–Crippen LogP) is 3.56. The summed E-state index contributed by atoms with van der Waals surface area (Å²) in [6.07, 6.45) is 1.68. The molecule has 1 aromatic rings. The second-order valence-corrected chi connectivity index (χ2v) is 6.25. The average molecular weight is 290 g/mol. The van der Waals surface area contributed by atoms with E-state index in [0.29, 0.717) is 18.9 Å². The molecule has 4 heteroatoms. The van der Waals surface area contributed by atoms with Crippen LogP contribution in [0.25, 0.3) is 0 Å². The maximum atomic E-state index is 11.5. The van der Waals surface area contributed by atoms with Crippen LogP contribution >= 0.6 is 27.3 Å². The van der Waals surface area contributed by atoms with Crippen molar-refractivity contribution in [2.24, 2.45) is 5.92 Å². The van der Waals surface area contributed by atoms with Gasteiger partial charge in [0, 0.05) is 11.3 Å². The number of nitrogens with one attached hydrogen (secondary N) is 1.